The van der Waals surface area contributed by atoms with Crippen LogP contribution in [0, 0.1) is 11.8 Å². The van der Waals surface area contributed by atoms with E-state index in [-0.39, 0.29) is 31.0 Å². The lowest BCUT2D eigenvalue weighted by Gasteiger charge is -2.08. The number of carbonyl (C=O) groups excluding carboxylic acids is 2. The number of allylic oxidation sites excluding steroid dienone is 2. The lowest BCUT2D eigenvalue weighted by Crippen LogP contribution is -2.17. The average Bonchev–Trinajstić information content (AvgIpc) is 3.25. The molecule has 2 aliphatic carbocycles. The van der Waals surface area contributed by atoms with Crippen LogP contribution in [-0.2, 0) is 27.6 Å². The second-order valence-electron chi connectivity index (χ2n) is 6.47. The average molecular weight is 353 g/mol. The standard InChI is InChI=1S/C19H19N3O4/c1-25-11-22-18(20-19(24)26-10-12-5-3-2-4-6-12)9-16(21-22)14-8-17(23)15-7-13(14)15/h2-6,8-9,13,15H,7,10-11H2,1H3,(H,20,24). The van der Waals surface area contributed by atoms with Crippen molar-refractivity contribution in [1.82, 2.24) is 9.78 Å². The van der Waals surface area contributed by atoms with E-state index in [1.807, 2.05) is 30.3 Å². The van der Waals surface area contributed by atoms with Crippen LogP contribution in [0.3, 0.4) is 0 Å². The van der Waals surface area contributed by atoms with Gasteiger partial charge in [-0.3, -0.25) is 10.1 Å². The highest BCUT2D eigenvalue weighted by molar-refractivity contribution is 6.07. The molecule has 1 saturated carbocycles. The zero-order valence-corrected chi connectivity index (χ0v) is 14.3. The van der Waals surface area contributed by atoms with Gasteiger partial charge in [-0.2, -0.15) is 5.10 Å². The molecule has 7 heteroatoms. The van der Waals surface area contributed by atoms with E-state index >= 15 is 0 Å². The van der Waals surface area contributed by atoms with Crippen molar-refractivity contribution in [2.45, 2.75) is 19.8 Å². The minimum absolute atomic E-state index is 0.129. The van der Waals surface area contributed by atoms with Crippen molar-refractivity contribution in [2.24, 2.45) is 11.8 Å². The Morgan fingerprint density at radius 1 is 1.31 bits per heavy atom. The lowest BCUT2D eigenvalue weighted by molar-refractivity contribution is -0.115. The molecule has 1 N–H and O–H groups in total. The Morgan fingerprint density at radius 3 is 2.77 bits per heavy atom. The van der Waals surface area contributed by atoms with Gasteiger partial charge in [0, 0.05) is 19.1 Å². The minimum Gasteiger partial charge on any atom is -0.444 e. The summed E-state index contributed by atoms with van der Waals surface area (Å²) in [6.07, 6.45) is 1.98. The molecule has 0 bridgehead atoms. The number of ether oxygens (including phenoxy) is 2. The number of aromatic nitrogens is 2. The largest absolute Gasteiger partial charge is 0.444 e. The van der Waals surface area contributed by atoms with Crippen molar-refractivity contribution < 1.29 is 19.1 Å². The van der Waals surface area contributed by atoms with Gasteiger partial charge in [0.05, 0.1) is 5.69 Å². The number of carbonyl (C=O) groups is 2. The van der Waals surface area contributed by atoms with E-state index in [1.54, 1.807) is 23.9 Å². The number of fused-ring (bicyclic) bond motifs is 1. The van der Waals surface area contributed by atoms with Gasteiger partial charge in [0.15, 0.2) is 5.78 Å². The normalized spacial score (nSPS) is 20.5. The molecule has 134 valence electrons. The van der Waals surface area contributed by atoms with Crippen LogP contribution in [-0.4, -0.2) is 28.8 Å². The fourth-order valence-electron chi connectivity index (χ4n) is 3.23. The predicted molar refractivity (Wildman–Crippen MR) is 94.1 cm³/mol. The maximum Gasteiger partial charge on any atom is 0.413 e. The van der Waals surface area contributed by atoms with E-state index in [2.05, 4.69) is 10.4 Å². The lowest BCUT2D eigenvalue weighted by atomic mass is 10.1. The zero-order chi connectivity index (χ0) is 18.1. The molecule has 1 aromatic heterocycles. The van der Waals surface area contributed by atoms with Crippen molar-refractivity contribution in [3.8, 4) is 0 Å². The third-order valence-electron chi connectivity index (χ3n) is 4.62. The molecule has 7 nitrogen and oxygen atoms in total. The summed E-state index contributed by atoms with van der Waals surface area (Å²) in [4.78, 5) is 23.9. The molecule has 0 radical (unpaired) electrons. The molecule has 1 amide bonds. The quantitative estimate of drug-likeness (QED) is 0.863. The Hall–Kier alpha value is -2.93. The molecule has 0 saturated heterocycles. The first-order valence-electron chi connectivity index (χ1n) is 8.46. The summed E-state index contributed by atoms with van der Waals surface area (Å²) in [6, 6.07) is 11.2. The topological polar surface area (TPSA) is 82.5 Å². The fourth-order valence-corrected chi connectivity index (χ4v) is 3.23. The Morgan fingerprint density at radius 2 is 2.12 bits per heavy atom. The van der Waals surface area contributed by atoms with Crippen LogP contribution >= 0.6 is 0 Å². The molecule has 2 aromatic rings. The first-order chi connectivity index (χ1) is 12.7. The SMILES string of the molecule is COCn1nc(C2=CC(=O)C3CC23)cc1NC(=O)OCc1ccccc1. The highest BCUT2D eigenvalue weighted by atomic mass is 16.5. The number of hydrogen-bond acceptors (Lipinski definition) is 5. The molecule has 26 heavy (non-hydrogen) atoms. The van der Waals surface area contributed by atoms with Crippen LogP contribution in [0.2, 0.25) is 0 Å². The monoisotopic (exact) mass is 353 g/mol. The van der Waals surface area contributed by atoms with E-state index in [0.717, 1.165) is 17.6 Å². The number of nitrogens with one attached hydrogen (secondary N) is 1. The Labute approximate surface area is 150 Å². The summed E-state index contributed by atoms with van der Waals surface area (Å²) in [7, 11) is 1.55. The second kappa shape index (κ2) is 6.76. The van der Waals surface area contributed by atoms with Gasteiger partial charge in [0.2, 0.25) is 0 Å². The maximum atomic E-state index is 12.1. The van der Waals surface area contributed by atoms with Crippen LogP contribution in [0.5, 0.6) is 0 Å². The Kier molecular flexibility index (Phi) is 4.30. The number of hydrogen-bond donors (Lipinski definition) is 1. The molecule has 2 unspecified atom stereocenters. The predicted octanol–water partition coefficient (Wildman–Crippen LogP) is 2.84. The van der Waals surface area contributed by atoms with Gasteiger partial charge in [-0.15, -0.1) is 0 Å². The highest BCUT2D eigenvalue weighted by Gasteiger charge is 2.50. The molecule has 2 atom stereocenters. The first-order valence-corrected chi connectivity index (χ1v) is 8.46. The first kappa shape index (κ1) is 16.5. The molecule has 0 aliphatic heterocycles. The van der Waals surface area contributed by atoms with E-state index in [9.17, 15) is 9.59 Å². The minimum atomic E-state index is -0.571. The summed E-state index contributed by atoms with van der Waals surface area (Å²) in [6.45, 7) is 0.366. The molecular weight excluding hydrogens is 334 g/mol. The van der Waals surface area contributed by atoms with Crippen molar-refractivity contribution in [1.29, 1.82) is 0 Å². The smallest absolute Gasteiger partial charge is 0.413 e. The van der Waals surface area contributed by atoms with Gasteiger partial charge in [0.25, 0.3) is 0 Å². The molecule has 2 aliphatic rings. The van der Waals surface area contributed by atoms with Crippen LogP contribution in [0.4, 0.5) is 10.6 Å². The molecule has 0 spiro atoms. The number of ketones is 1. The Balaban J connectivity index is 1.46. The molecule has 1 aromatic carbocycles. The van der Waals surface area contributed by atoms with Crippen LogP contribution in [0.15, 0.2) is 42.5 Å². The van der Waals surface area contributed by atoms with E-state index < -0.39 is 6.09 Å². The summed E-state index contributed by atoms with van der Waals surface area (Å²) in [5.74, 6) is 1.04. The van der Waals surface area contributed by atoms with Gasteiger partial charge in [-0.25, -0.2) is 9.48 Å². The van der Waals surface area contributed by atoms with Crippen molar-refractivity contribution >= 4 is 23.3 Å². The van der Waals surface area contributed by atoms with E-state index in [1.165, 1.54) is 0 Å². The van der Waals surface area contributed by atoms with Gasteiger partial charge >= 0.3 is 6.09 Å². The van der Waals surface area contributed by atoms with Gasteiger partial charge < -0.3 is 9.47 Å². The van der Waals surface area contributed by atoms with Gasteiger partial charge in [0.1, 0.15) is 19.2 Å². The molecular formula is C19H19N3O4. The number of amides is 1. The second-order valence-corrected chi connectivity index (χ2v) is 6.47. The van der Waals surface area contributed by atoms with Crippen LogP contribution < -0.4 is 5.32 Å². The zero-order valence-electron chi connectivity index (χ0n) is 14.3. The van der Waals surface area contributed by atoms with Gasteiger partial charge in [-0.05, 0) is 29.6 Å². The Bertz CT molecular complexity index is 872. The highest BCUT2D eigenvalue weighted by Crippen LogP contribution is 2.53. The summed E-state index contributed by atoms with van der Waals surface area (Å²) in [5, 5.41) is 7.16. The van der Waals surface area contributed by atoms with Crippen molar-refractivity contribution in [2.75, 3.05) is 12.4 Å². The summed E-state index contributed by atoms with van der Waals surface area (Å²) < 4.78 is 11.9. The number of benzene rings is 1. The maximum absolute atomic E-state index is 12.1. The van der Waals surface area contributed by atoms with Crippen molar-refractivity contribution in [3.05, 3.63) is 53.7 Å². The fraction of sp³-hybridized carbons (Fsp3) is 0.316. The van der Waals surface area contributed by atoms with Crippen LogP contribution in [0.1, 0.15) is 17.7 Å². The molecule has 1 heterocycles. The molecule has 4 rings (SSSR count). The number of rotatable bonds is 6. The van der Waals surface area contributed by atoms with Gasteiger partial charge in [-0.1, -0.05) is 30.3 Å². The number of anilines is 1. The third kappa shape index (κ3) is 3.25. The van der Waals surface area contributed by atoms with Crippen molar-refractivity contribution in [3.63, 3.8) is 0 Å². The molecule has 1 fully saturated rings. The van der Waals surface area contributed by atoms with E-state index in [0.29, 0.717) is 11.5 Å². The number of nitrogens with zero attached hydrogens (tertiary/aromatic N) is 2. The third-order valence-corrected chi connectivity index (χ3v) is 4.62. The van der Waals surface area contributed by atoms with E-state index in [4.69, 9.17) is 9.47 Å². The summed E-state index contributed by atoms with van der Waals surface area (Å²) >= 11 is 0. The number of methoxy groups -OCH3 is 1. The summed E-state index contributed by atoms with van der Waals surface area (Å²) in [5.41, 5.74) is 2.54. The van der Waals surface area contributed by atoms with Crippen LogP contribution in [0.25, 0.3) is 5.57 Å².